The van der Waals surface area contributed by atoms with Crippen LogP contribution < -0.4 is 0 Å². The van der Waals surface area contributed by atoms with Crippen molar-refractivity contribution < 1.29 is 4.79 Å². The van der Waals surface area contributed by atoms with Crippen LogP contribution in [-0.4, -0.2) is 36.9 Å². The molecule has 2 aliphatic heterocycles. The minimum atomic E-state index is 0.0240. The lowest BCUT2D eigenvalue weighted by Gasteiger charge is -2.40. The van der Waals surface area contributed by atoms with Gasteiger partial charge >= 0.3 is 0 Å². The van der Waals surface area contributed by atoms with Crippen LogP contribution in [0, 0.1) is 0 Å². The summed E-state index contributed by atoms with van der Waals surface area (Å²) in [6, 6.07) is 16.2. The van der Waals surface area contributed by atoms with Crippen LogP contribution in [0.1, 0.15) is 38.8 Å². The van der Waals surface area contributed by atoms with Gasteiger partial charge in [-0.2, -0.15) is 9.50 Å². The SMILES string of the molecule is O=C1c2cnc3nc(SCc4ccccc4Cl)nn3c2C[C@H]2c3ccccc3CCN12. The van der Waals surface area contributed by atoms with E-state index in [2.05, 4.69) is 28.2 Å². The number of thioether (sulfide) groups is 1. The second-order valence-electron chi connectivity index (χ2n) is 7.77. The van der Waals surface area contributed by atoms with Gasteiger partial charge in [-0.1, -0.05) is 65.8 Å². The third-order valence-corrected chi connectivity index (χ3v) is 7.31. The number of nitrogens with zero attached hydrogens (tertiary/aromatic N) is 5. The van der Waals surface area contributed by atoms with Crippen molar-refractivity contribution in [3.63, 3.8) is 0 Å². The fourth-order valence-corrected chi connectivity index (χ4v) is 5.61. The molecule has 2 aromatic carbocycles. The summed E-state index contributed by atoms with van der Waals surface area (Å²) in [6.45, 7) is 0.730. The number of rotatable bonds is 3. The first-order valence-electron chi connectivity index (χ1n) is 10.2. The van der Waals surface area contributed by atoms with Gasteiger partial charge < -0.3 is 4.90 Å². The second kappa shape index (κ2) is 7.35. The summed E-state index contributed by atoms with van der Waals surface area (Å²) in [7, 11) is 0. The Balaban J connectivity index is 1.37. The van der Waals surface area contributed by atoms with Gasteiger partial charge in [0.05, 0.1) is 17.3 Å². The van der Waals surface area contributed by atoms with Crippen LogP contribution in [0.15, 0.2) is 59.9 Å². The summed E-state index contributed by atoms with van der Waals surface area (Å²) >= 11 is 7.79. The normalized spacial score (nSPS) is 17.4. The van der Waals surface area contributed by atoms with E-state index < -0.39 is 0 Å². The van der Waals surface area contributed by atoms with Crippen molar-refractivity contribution in [2.45, 2.75) is 29.8 Å². The number of benzene rings is 2. The van der Waals surface area contributed by atoms with Crippen LogP contribution in [0.4, 0.5) is 0 Å². The smallest absolute Gasteiger partial charge is 0.257 e. The molecule has 154 valence electrons. The van der Waals surface area contributed by atoms with E-state index in [1.165, 1.54) is 22.9 Å². The van der Waals surface area contributed by atoms with Crippen molar-refractivity contribution in [1.29, 1.82) is 0 Å². The molecule has 0 spiro atoms. The minimum absolute atomic E-state index is 0.0240. The molecule has 4 heterocycles. The minimum Gasteiger partial charge on any atom is -0.331 e. The van der Waals surface area contributed by atoms with Gasteiger partial charge in [-0.3, -0.25) is 4.79 Å². The van der Waals surface area contributed by atoms with Crippen molar-refractivity contribution in [3.05, 3.63) is 87.7 Å². The number of hydrogen-bond acceptors (Lipinski definition) is 5. The van der Waals surface area contributed by atoms with E-state index >= 15 is 0 Å². The van der Waals surface area contributed by atoms with E-state index in [1.807, 2.05) is 35.2 Å². The summed E-state index contributed by atoms with van der Waals surface area (Å²) in [5, 5.41) is 6.05. The molecule has 8 heteroatoms. The summed E-state index contributed by atoms with van der Waals surface area (Å²) < 4.78 is 1.75. The van der Waals surface area contributed by atoms with E-state index in [1.54, 1.807) is 10.7 Å². The molecule has 2 aliphatic rings. The molecular weight excluding hydrogens is 430 g/mol. The maximum atomic E-state index is 13.3. The van der Waals surface area contributed by atoms with Gasteiger partial charge in [0.15, 0.2) is 0 Å². The molecule has 0 saturated carbocycles. The van der Waals surface area contributed by atoms with Gasteiger partial charge in [-0.25, -0.2) is 4.98 Å². The highest BCUT2D eigenvalue weighted by molar-refractivity contribution is 7.98. The zero-order valence-corrected chi connectivity index (χ0v) is 18.1. The van der Waals surface area contributed by atoms with Crippen molar-refractivity contribution >= 4 is 35.0 Å². The van der Waals surface area contributed by atoms with E-state index in [4.69, 9.17) is 16.7 Å². The first-order valence-corrected chi connectivity index (χ1v) is 11.5. The molecule has 31 heavy (non-hydrogen) atoms. The third-order valence-electron chi connectivity index (χ3n) is 6.05. The fraction of sp³-hybridized carbons (Fsp3) is 0.217. The maximum absolute atomic E-state index is 13.3. The number of hydrogen-bond donors (Lipinski definition) is 0. The average Bonchev–Trinajstić information content (AvgIpc) is 3.22. The van der Waals surface area contributed by atoms with Crippen LogP contribution in [0.5, 0.6) is 0 Å². The first-order chi connectivity index (χ1) is 15.2. The molecule has 0 unspecified atom stereocenters. The molecule has 6 nitrogen and oxygen atoms in total. The standard InChI is InChI=1S/C23H18ClN5OS/c24-18-8-4-2-6-15(18)13-31-23-26-22-25-12-17-20(29(22)27-23)11-19-16-7-3-1-5-14(16)9-10-28(19)21(17)30/h1-8,12,19H,9-11,13H2/t19-/m0/s1. The summed E-state index contributed by atoms with van der Waals surface area (Å²) in [5.41, 5.74) is 5.08. The lowest BCUT2D eigenvalue weighted by atomic mass is 9.86. The molecule has 1 atom stereocenters. The Labute approximate surface area is 188 Å². The number of aromatic nitrogens is 4. The molecule has 1 amide bonds. The van der Waals surface area contributed by atoms with Gasteiger partial charge in [0.1, 0.15) is 0 Å². The summed E-state index contributed by atoms with van der Waals surface area (Å²) in [4.78, 5) is 24.2. The molecule has 0 saturated heterocycles. The number of carbonyl (C=O) groups is 1. The highest BCUT2D eigenvalue weighted by atomic mass is 35.5. The van der Waals surface area contributed by atoms with Crippen LogP contribution in [0.2, 0.25) is 5.02 Å². The van der Waals surface area contributed by atoms with Gasteiger partial charge in [0.2, 0.25) is 5.16 Å². The van der Waals surface area contributed by atoms with Crippen molar-refractivity contribution in [2.24, 2.45) is 0 Å². The van der Waals surface area contributed by atoms with Gasteiger partial charge in [-0.15, -0.1) is 5.10 Å². The lowest BCUT2D eigenvalue weighted by molar-refractivity contribution is 0.0626. The predicted octanol–water partition coefficient (Wildman–Crippen LogP) is 4.37. The van der Waals surface area contributed by atoms with Gasteiger partial charge in [0, 0.05) is 29.9 Å². The average molecular weight is 448 g/mol. The topological polar surface area (TPSA) is 63.4 Å². The molecule has 0 N–H and O–H groups in total. The molecule has 4 aromatic rings. The Hall–Kier alpha value is -2.90. The van der Waals surface area contributed by atoms with Crippen LogP contribution in [-0.2, 0) is 18.6 Å². The van der Waals surface area contributed by atoms with Crippen molar-refractivity contribution in [1.82, 2.24) is 24.5 Å². The monoisotopic (exact) mass is 447 g/mol. The molecule has 6 rings (SSSR count). The number of fused-ring (bicyclic) bond motifs is 6. The third kappa shape index (κ3) is 3.11. The van der Waals surface area contributed by atoms with E-state index in [-0.39, 0.29) is 11.9 Å². The first kappa shape index (κ1) is 18.8. The van der Waals surface area contributed by atoms with Crippen LogP contribution in [0.25, 0.3) is 5.78 Å². The Kier molecular flexibility index (Phi) is 4.47. The van der Waals surface area contributed by atoms with Gasteiger partial charge in [0.25, 0.3) is 11.7 Å². The molecule has 0 radical (unpaired) electrons. The Morgan fingerprint density at radius 1 is 1.13 bits per heavy atom. The Morgan fingerprint density at radius 3 is 2.87 bits per heavy atom. The fourth-order valence-electron chi connectivity index (χ4n) is 4.51. The Bertz CT molecular complexity index is 1340. The summed E-state index contributed by atoms with van der Waals surface area (Å²) in [5.74, 6) is 1.21. The molecule has 0 fully saturated rings. The largest absolute Gasteiger partial charge is 0.331 e. The number of halogens is 1. The van der Waals surface area contributed by atoms with E-state index in [0.717, 1.165) is 29.2 Å². The Morgan fingerprint density at radius 2 is 1.97 bits per heavy atom. The van der Waals surface area contributed by atoms with Crippen molar-refractivity contribution in [3.8, 4) is 0 Å². The van der Waals surface area contributed by atoms with Crippen LogP contribution >= 0.6 is 23.4 Å². The maximum Gasteiger partial charge on any atom is 0.257 e. The van der Waals surface area contributed by atoms with Gasteiger partial charge in [-0.05, 0) is 29.2 Å². The quantitative estimate of drug-likeness (QED) is 0.436. The van der Waals surface area contributed by atoms with E-state index in [9.17, 15) is 4.79 Å². The highest BCUT2D eigenvalue weighted by Crippen LogP contribution is 2.38. The lowest BCUT2D eigenvalue weighted by Crippen LogP contribution is -2.45. The highest BCUT2D eigenvalue weighted by Gasteiger charge is 2.38. The van der Waals surface area contributed by atoms with E-state index in [0.29, 0.717) is 28.7 Å². The molecule has 0 aliphatic carbocycles. The molecule has 0 bridgehead atoms. The summed E-state index contributed by atoms with van der Waals surface area (Å²) in [6.07, 6.45) is 3.24. The molecule has 2 aromatic heterocycles. The van der Waals surface area contributed by atoms with Crippen LogP contribution in [0.3, 0.4) is 0 Å². The van der Waals surface area contributed by atoms with Crippen molar-refractivity contribution in [2.75, 3.05) is 6.54 Å². The second-order valence-corrected chi connectivity index (χ2v) is 9.12. The number of amides is 1. The predicted molar refractivity (Wildman–Crippen MR) is 119 cm³/mol. The molecular formula is C23H18ClN5OS. The zero-order chi connectivity index (χ0) is 20.9. The number of carbonyl (C=O) groups excluding carboxylic acids is 1. The zero-order valence-electron chi connectivity index (χ0n) is 16.5.